The third-order valence-electron chi connectivity index (χ3n) is 3.08. The van der Waals surface area contributed by atoms with Gasteiger partial charge in [-0.05, 0) is 51.2 Å². The molecule has 0 fully saturated rings. The summed E-state index contributed by atoms with van der Waals surface area (Å²) < 4.78 is 0. The summed E-state index contributed by atoms with van der Waals surface area (Å²) in [5.41, 5.74) is 9.43. The minimum Gasteiger partial charge on any atom is -0.370 e. The number of pyridine rings is 1. The SMILES string of the molecule is CC(C)NC(N)=NCc1ccc2c(n1)CCCC2. The number of nitrogens with zero attached hydrogens (tertiary/aromatic N) is 2. The Bertz CT molecular complexity index is 437. The molecule has 0 bridgehead atoms. The van der Waals surface area contributed by atoms with Crippen LogP contribution in [0.3, 0.4) is 0 Å². The number of guanidine groups is 1. The predicted octanol–water partition coefficient (Wildman–Crippen LogP) is 1.77. The molecule has 0 unspecified atom stereocenters. The highest BCUT2D eigenvalue weighted by molar-refractivity contribution is 5.78. The van der Waals surface area contributed by atoms with E-state index in [1.54, 1.807) is 0 Å². The number of aryl methyl sites for hydroxylation is 2. The van der Waals surface area contributed by atoms with Crippen LogP contribution in [0.1, 0.15) is 43.6 Å². The van der Waals surface area contributed by atoms with Crippen LogP contribution in [-0.2, 0) is 19.4 Å². The Morgan fingerprint density at radius 2 is 2.17 bits per heavy atom. The van der Waals surface area contributed by atoms with Crippen molar-refractivity contribution in [1.82, 2.24) is 10.3 Å². The normalized spacial score (nSPS) is 15.6. The molecular weight excluding hydrogens is 224 g/mol. The summed E-state index contributed by atoms with van der Waals surface area (Å²) in [6.45, 7) is 4.64. The Balaban J connectivity index is 2.01. The van der Waals surface area contributed by atoms with E-state index in [0.29, 0.717) is 18.5 Å². The van der Waals surface area contributed by atoms with Crippen LogP contribution < -0.4 is 11.1 Å². The summed E-state index contributed by atoms with van der Waals surface area (Å²) in [5.74, 6) is 0.490. The summed E-state index contributed by atoms with van der Waals surface area (Å²) in [6, 6.07) is 4.57. The molecule has 0 aromatic carbocycles. The Morgan fingerprint density at radius 3 is 2.94 bits per heavy atom. The third kappa shape index (κ3) is 3.45. The van der Waals surface area contributed by atoms with Gasteiger partial charge in [-0.2, -0.15) is 0 Å². The van der Waals surface area contributed by atoms with Gasteiger partial charge in [0, 0.05) is 11.7 Å². The van der Waals surface area contributed by atoms with Gasteiger partial charge < -0.3 is 11.1 Å². The van der Waals surface area contributed by atoms with Gasteiger partial charge in [0.2, 0.25) is 0 Å². The maximum absolute atomic E-state index is 5.77. The van der Waals surface area contributed by atoms with Gasteiger partial charge in [0.1, 0.15) is 0 Å². The number of fused-ring (bicyclic) bond motifs is 1. The molecule has 0 spiro atoms. The van der Waals surface area contributed by atoms with Crippen LogP contribution in [0.25, 0.3) is 0 Å². The van der Waals surface area contributed by atoms with Crippen molar-refractivity contribution in [2.75, 3.05) is 0 Å². The van der Waals surface area contributed by atoms with Crippen LogP contribution in [-0.4, -0.2) is 17.0 Å². The quantitative estimate of drug-likeness (QED) is 0.631. The molecular formula is C14H22N4. The van der Waals surface area contributed by atoms with Crippen molar-refractivity contribution in [3.63, 3.8) is 0 Å². The maximum atomic E-state index is 5.77. The lowest BCUT2D eigenvalue weighted by atomic mass is 9.96. The first-order chi connectivity index (χ1) is 8.65. The van der Waals surface area contributed by atoms with Crippen molar-refractivity contribution in [2.24, 2.45) is 10.7 Å². The van der Waals surface area contributed by atoms with Gasteiger partial charge in [-0.25, -0.2) is 4.99 Å². The number of hydrogen-bond acceptors (Lipinski definition) is 2. The van der Waals surface area contributed by atoms with E-state index in [4.69, 9.17) is 5.73 Å². The number of nitrogens with one attached hydrogen (secondary N) is 1. The van der Waals surface area contributed by atoms with Crippen molar-refractivity contribution >= 4 is 5.96 Å². The van der Waals surface area contributed by atoms with Crippen molar-refractivity contribution in [2.45, 2.75) is 52.1 Å². The molecule has 0 saturated carbocycles. The first-order valence-corrected chi connectivity index (χ1v) is 6.69. The largest absolute Gasteiger partial charge is 0.370 e. The first-order valence-electron chi connectivity index (χ1n) is 6.69. The molecule has 0 aliphatic heterocycles. The standard InChI is InChI=1S/C14H22N4/c1-10(2)17-14(15)16-9-12-8-7-11-5-3-4-6-13(11)18-12/h7-8,10H,3-6,9H2,1-2H3,(H3,15,16,17). The second kappa shape index (κ2) is 5.85. The Hall–Kier alpha value is -1.58. The fourth-order valence-corrected chi connectivity index (χ4v) is 2.22. The summed E-state index contributed by atoms with van der Waals surface area (Å²) in [6.07, 6.45) is 4.82. The molecule has 1 aliphatic rings. The molecule has 4 nitrogen and oxygen atoms in total. The van der Waals surface area contributed by atoms with E-state index in [-0.39, 0.29) is 0 Å². The van der Waals surface area contributed by atoms with Crippen LogP contribution in [0.4, 0.5) is 0 Å². The molecule has 1 aromatic heterocycles. The topological polar surface area (TPSA) is 63.3 Å². The highest BCUT2D eigenvalue weighted by Crippen LogP contribution is 2.19. The third-order valence-corrected chi connectivity index (χ3v) is 3.08. The molecule has 1 aliphatic carbocycles. The minimum absolute atomic E-state index is 0.310. The molecule has 2 rings (SSSR count). The molecule has 1 heterocycles. The Labute approximate surface area is 109 Å². The van der Waals surface area contributed by atoms with Crippen molar-refractivity contribution < 1.29 is 0 Å². The van der Waals surface area contributed by atoms with Crippen molar-refractivity contribution in [3.05, 3.63) is 29.1 Å². The van der Waals surface area contributed by atoms with Crippen molar-refractivity contribution in [3.8, 4) is 0 Å². The molecule has 4 heteroatoms. The van der Waals surface area contributed by atoms with E-state index in [9.17, 15) is 0 Å². The highest BCUT2D eigenvalue weighted by Gasteiger charge is 2.10. The number of aliphatic imine (C=N–C) groups is 1. The monoisotopic (exact) mass is 246 g/mol. The van der Waals surface area contributed by atoms with Crippen LogP contribution in [0.5, 0.6) is 0 Å². The molecule has 0 amide bonds. The van der Waals surface area contributed by atoms with Crippen molar-refractivity contribution in [1.29, 1.82) is 0 Å². The van der Waals surface area contributed by atoms with E-state index < -0.39 is 0 Å². The molecule has 98 valence electrons. The summed E-state index contributed by atoms with van der Waals surface area (Å²) in [4.78, 5) is 8.98. The van der Waals surface area contributed by atoms with E-state index in [2.05, 4.69) is 27.4 Å². The zero-order valence-electron chi connectivity index (χ0n) is 11.2. The van der Waals surface area contributed by atoms with Gasteiger partial charge >= 0.3 is 0 Å². The number of rotatable bonds is 3. The fourth-order valence-electron chi connectivity index (χ4n) is 2.22. The molecule has 1 aromatic rings. The lowest BCUT2D eigenvalue weighted by Crippen LogP contribution is -2.36. The van der Waals surface area contributed by atoms with Gasteiger partial charge in [0.25, 0.3) is 0 Å². The Kier molecular flexibility index (Phi) is 4.18. The smallest absolute Gasteiger partial charge is 0.189 e. The molecule has 3 N–H and O–H groups in total. The molecule has 0 atom stereocenters. The van der Waals surface area contributed by atoms with Crippen LogP contribution in [0, 0.1) is 0 Å². The van der Waals surface area contributed by atoms with E-state index in [1.807, 2.05) is 13.8 Å². The van der Waals surface area contributed by atoms with Gasteiger partial charge in [0.15, 0.2) is 5.96 Å². The van der Waals surface area contributed by atoms with Crippen LogP contribution in [0.15, 0.2) is 17.1 Å². The van der Waals surface area contributed by atoms with E-state index in [0.717, 1.165) is 12.1 Å². The van der Waals surface area contributed by atoms with E-state index in [1.165, 1.54) is 30.5 Å². The molecule has 18 heavy (non-hydrogen) atoms. The van der Waals surface area contributed by atoms with Gasteiger partial charge in [-0.1, -0.05) is 6.07 Å². The van der Waals surface area contributed by atoms with Gasteiger partial charge in [0.05, 0.1) is 12.2 Å². The second-order valence-electron chi connectivity index (χ2n) is 5.12. The second-order valence-corrected chi connectivity index (χ2v) is 5.12. The zero-order valence-corrected chi connectivity index (χ0v) is 11.2. The molecule has 0 saturated heterocycles. The fraction of sp³-hybridized carbons (Fsp3) is 0.571. The lowest BCUT2D eigenvalue weighted by Gasteiger charge is -2.15. The predicted molar refractivity (Wildman–Crippen MR) is 74.5 cm³/mol. The minimum atomic E-state index is 0.310. The number of hydrogen-bond donors (Lipinski definition) is 2. The van der Waals surface area contributed by atoms with Crippen LogP contribution >= 0.6 is 0 Å². The summed E-state index contributed by atoms with van der Waals surface area (Å²) in [7, 11) is 0. The zero-order chi connectivity index (χ0) is 13.0. The van der Waals surface area contributed by atoms with Gasteiger partial charge in [-0.15, -0.1) is 0 Å². The highest BCUT2D eigenvalue weighted by atomic mass is 15.1. The number of aromatic nitrogens is 1. The number of nitrogens with two attached hydrogens (primary N) is 1. The first kappa shape index (κ1) is 12.9. The van der Waals surface area contributed by atoms with Gasteiger partial charge in [-0.3, -0.25) is 4.98 Å². The Morgan fingerprint density at radius 1 is 1.39 bits per heavy atom. The molecule has 0 radical (unpaired) electrons. The van der Waals surface area contributed by atoms with Crippen LogP contribution in [0.2, 0.25) is 0 Å². The lowest BCUT2D eigenvalue weighted by molar-refractivity contribution is 0.662. The average molecular weight is 246 g/mol. The average Bonchev–Trinajstić information content (AvgIpc) is 2.35. The summed E-state index contributed by atoms with van der Waals surface area (Å²) in [5, 5.41) is 3.08. The maximum Gasteiger partial charge on any atom is 0.189 e. The summed E-state index contributed by atoms with van der Waals surface area (Å²) >= 11 is 0. The van der Waals surface area contributed by atoms with E-state index >= 15 is 0 Å².